The van der Waals surface area contributed by atoms with Gasteiger partial charge in [0.1, 0.15) is 12.3 Å². The van der Waals surface area contributed by atoms with Gasteiger partial charge in [0.2, 0.25) is 23.6 Å². The molecule has 120 valence electrons. The van der Waals surface area contributed by atoms with Crippen molar-refractivity contribution in [3.8, 4) is 0 Å². The monoisotopic (exact) mass is 302 g/mol. The Bertz CT molecular complexity index is 331. The highest BCUT2D eigenvalue weighted by molar-refractivity contribution is 5.77. The molecule has 0 saturated carbocycles. The van der Waals surface area contributed by atoms with E-state index in [4.69, 9.17) is 4.74 Å². The fourth-order valence-corrected chi connectivity index (χ4v) is 1.52. The van der Waals surface area contributed by atoms with Crippen LogP contribution in [0.15, 0.2) is 0 Å². The molecule has 0 aliphatic rings. The highest BCUT2D eigenvalue weighted by Crippen LogP contribution is 1.88. The lowest BCUT2D eigenvalue weighted by Gasteiger charge is -2.22. The van der Waals surface area contributed by atoms with E-state index in [0.29, 0.717) is 0 Å². The first-order valence-corrected chi connectivity index (χ1v) is 6.37. The summed E-state index contributed by atoms with van der Waals surface area (Å²) in [5.74, 6) is -1.29. The molecule has 0 aliphatic heterocycles. The minimum atomic E-state index is -0.685. The number of hydrogen-bond donors (Lipinski definition) is 4. The Hall–Kier alpha value is -2.16. The van der Waals surface area contributed by atoms with Gasteiger partial charge in [-0.1, -0.05) is 0 Å². The average molecular weight is 302 g/mol. The van der Waals surface area contributed by atoms with Gasteiger partial charge < -0.3 is 26.0 Å². The Morgan fingerprint density at radius 1 is 0.667 bits per heavy atom. The fraction of sp³-hybridized carbons (Fsp3) is 0.667. The Morgan fingerprint density at radius 2 is 0.905 bits per heavy atom. The predicted octanol–water partition coefficient (Wildman–Crippen LogP) is -1.80. The first kappa shape index (κ1) is 18.8. The highest BCUT2D eigenvalue weighted by Gasteiger charge is 2.15. The van der Waals surface area contributed by atoms with Crippen molar-refractivity contribution < 1.29 is 23.9 Å². The van der Waals surface area contributed by atoms with Gasteiger partial charge in [-0.3, -0.25) is 19.2 Å². The van der Waals surface area contributed by atoms with E-state index in [2.05, 4.69) is 21.3 Å². The van der Waals surface area contributed by atoms with Gasteiger partial charge in [0.15, 0.2) is 0 Å². The van der Waals surface area contributed by atoms with Gasteiger partial charge in [-0.2, -0.15) is 0 Å². The summed E-state index contributed by atoms with van der Waals surface area (Å²) in [5.41, 5.74) is 0. The highest BCUT2D eigenvalue weighted by atomic mass is 16.5. The molecule has 0 rings (SSSR count). The number of nitrogens with one attached hydrogen (secondary N) is 4. The molecular weight excluding hydrogens is 280 g/mol. The van der Waals surface area contributed by atoms with Gasteiger partial charge in [-0.25, -0.2) is 0 Å². The summed E-state index contributed by atoms with van der Waals surface area (Å²) in [6.45, 7) is 5.24. The van der Waals surface area contributed by atoms with Gasteiger partial charge in [0.25, 0.3) is 0 Å². The second kappa shape index (κ2) is 9.70. The van der Waals surface area contributed by atoms with Crippen LogP contribution in [0.25, 0.3) is 0 Å². The number of carbonyl (C=O) groups excluding carboxylic acids is 4. The molecule has 4 N–H and O–H groups in total. The van der Waals surface area contributed by atoms with E-state index in [-0.39, 0.29) is 36.8 Å². The third-order valence-corrected chi connectivity index (χ3v) is 2.08. The van der Waals surface area contributed by atoms with Crippen LogP contribution in [0.3, 0.4) is 0 Å². The third-order valence-electron chi connectivity index (χ3n) is 2.08. The Morgan fingerprint density at radius 3 is 1.10 bits per heavy atom. The van der Waals surface area contributed by atoms with Crippen LogP contribution in [-0.4, -0.2) is 49.2 Å². The Labute approximate surface area is 123 Å². The smallest absolute Gasteiger partial charge is 0.218 e. The zero-order chi connectivity index (χ0) is 16.4. The molecule has 0 radical (unpaired) electrons. The van der Waals surface area contributed by atoms with Crippen LogP contribution in [0.5, 0.6) is 0 Å². The molecule has 0 saturated heterocycles. The number of rotatable bonds is 8. The van der Waals surface area contributed by atoms with Gasteiger partial charge in [0, 0.05) is 27.7 Å². The molecule has 4 amide bonds. The van der Waals surface area contributed by atoms with Gasteiger partial charge in [-0.05, 0) is 0 Å². The van der Waals surface area contributed by atoms with Crippen molar-refractivity contribution in [1.29, 1.82) is 0 Å². The molecule has 0 aliphatic carbocycles. The van der Waals surface area contributed by atoms with Crippen LogP contribution in [0, 0.1) is 0 Å². The molecule has 21 heavy (non-hydrogen) atoms. The summed E-state index contributed by atoms with van der Waals surface area (Å²) in [6.07, 6.45) is -1.37. The standard InChI is InChI=1S/C12H22N4O5/c1-7(17)13-11(14-8(2)18)5-21-6-12(15-9(3)19)16-10(4)20/h11-12H,5-6H2,1-4H3,(H,13,17)(H,14,18)(H,15,19)(H,16,20). The summed E-state index contributed by atoms with van der Waals surface area (Å²) >= 11 is 0. The SMILES string of the molecule is CC(=O)NC(COCC(NC(C)=O)NC(C)=O)NC(C)=O. The summed E-state index contributed by atoms with van der Waals surface area (Å²) < 4.78 is 5.30. The van der Waals surface area contributed by atoms with Crippen LogP contribution >= 0.6 is 0 Å². The van der Waals surface area contributed by atoms with Crippen molar-refractivity contribution in [2.45, 2.75) is 40.0 Å². The van der Waals surface area contributed by atoms with E-state index in [0.717, 1.165) is 0 Å². The molecule has 9 nitrogen and oxygen atoms in total. The fourth-order valence-electron chi connectivity index (χ4n) is 1.52. The third kappa shape index (κ3) is 11.4. The van der Waals surface area contributed by atoms with E-state index < -0.39 is 12.3 Å². The van der Waals surface area contributed by atoms with Gasteiger partial charge in [0.05, 0.1) is 13.2 Å². The molecule has 0 aromatic rings. The minimum absolute atomic E-state index is 0.00513. The first-order valence-electron chi connectivity index (χ1n) is 6.37. The summed E-state index contributed by atoms with van der Waals surface area (Å²) in [6, 6.07) is 0. The molecule has 0 aromatic heterocycles. The van der Waals surface area contributed by atoms with E-state index in [1.54, 1.807) is 0 Å². The van der Waals surface area contributed by atoms with Crippen molar-refractivity contribution in [1.82, 2.24) is 21.3 Å². The molecular formula is C12H22N4O5. The van der Waals surface area contributed by atoms with Crippen molar-refractivity contribution >= 4 is 23.6 Å². The van der Waals surface area contributed by atoms with Crippen LogP contribution in [0.1, 0.15) is 27.7 Å². The summed E-state index contributed by atoms with van der Waals surface area (Å²) in [7, 11) is 0. The first-order chi connectivity index (χ1) is 9.70. The van der Waals surface area contributed by atoms with Crippen molar-refractivity contribution in [3.63, 3.8) is 0 Å². The molecule has 0 atom stereocenters. The molecule has 0 spiro atoms. The van der Waals surface area contributed by atoms with Crippen LogP contribution in [0.4, 0.5) is 0 Å². The van der Waals surface area contributed by atoms with E-state index in [9.17, 15) is 19.2 Å². The Balaban J connectivity index is 4.34. The predicted molar refractivity (Wildman–Crippen MR) is 73.7 cm³/mol. The van der Waals surface area contributed by atoms with Crippen LogP contribution in [-0.2, 0) is 23.9 Å². The minimum Gasteiger partial charge on any atom is -0.373 e. The van der Waals surface area contributed by atoms with Crippen molar-refractivity contribution in [3.05, 3.63) is 0 Å². The molecule has 0 fully saturated rings. The lowest BCUT2D eigenvalue weighted by atomic mass is 10.4. The zero-order valence-electron chi connectivity index (χ0n) is 12.6. The topological polar surface area (TPSA) is 126 Å². The molecule has 0 aromatic carbocycles. The van der Waals surface area contributed by atoms with Crippen molar-refractivity contribution in [2.75, 3.05) is 13.2 Å². The second-order valence-corrected chi connectivity index (χ2v) is 4.44. The largest absolute Gasteiger partial charge is 0.373 e. The van der Waals surface area contributed by atoms with E-state index in [1.165, 1.54) is 27.7 Å². The zero-order valence-corrected chi connectivity index (χ0v) is 12.6. The molecule has 0 unspecified atom stereocenters. The van der Waals surface area contributed by atoms with Crippen molar-refractivity contribution in [2.24, 2.45) is 0 Å². The molecule has 9 heteroatoms. The van der Waals surface area contributed by atoms with Gasteiger partial charge >= 0.3 is 0 Å². The quantitative estimate of drug-likeness (QED) is 0.394. The molecule has 0 heterocycles. The maximum Gasteiger partial charge on any atom is 0.218 e. The summed E-state index contributed by atoms with van der Waals surface area (Å²) in [5, 5.41) is 9.98. The maximum absolute atomic E-state index is 11.0. The lowest BCUT2D eigenvalue weighted by Crippen LogP contribution is -2.52. The normalized spacial score (nSPS) is 10.2. The maximum atomic E-state index is 11.0. The van der Waals surface area contributed by atoms with Crippen LogP contribution in [0.2, 0.25) is 0 Å². The Kier molecular flexibility index (Phi) is 8.70. The van der Waals surface area contributed by atoms with E-state index in [1.807, 2.05) is 0 Å². The number of ether oxygens (including phenoxy) is 1. The second-order valence-electron chi connectivity index (χ2n) is 4.44. The van der Waals surface area contributed by atoms with Crippen LogP contribution < -0.4 is 21.3 Å². The number of carbonyl (C=O) groups is 4. The summed E-state index contributed by atoms with van der Waals surface area (Å²) in [4.78, 5) is 44.0. The number of hydrogen-bond acceptors (Lipinski definition) is 5. The lowest BCUT2D eigenvalue weighted by molar-refractivity contribution is -0.123. The van der Waals surface area contributed by atoms with Gasteiger partial charge in [-0.15, -0.1) is 0 Å². The molecule has 0 bridgehead atoms. The number of amides is 4. The van der Waals surface area contributed by atoms with E-state index >= 15 is 0 Å². The average Bonchev–Trinajstić information content (AvgIpc) is 2.24.